The molecule has 0 saturated carbocycles. The molecule has 0 bridgehead atoms. The van der Waals surface area contributed by atoms with E-state index in [9.17, 15) is 10.2 Å². The molecule has 0 radical (unpaired) electrons. The van der Waals surface area contributed by atoms with Crippen molar-refractivity contribution in [3.63, 3.8) is 0 Å². The number of fused-ring (bicyclic) bond motifs is 1. The van der Waals surface area contributed by atoms with Gasteiger partial charge in [-0.1, -0.05) is 78.1 Å². The molecule has 4 heteroatoms. The first-order chi connectivity index (χ1) is 15.7. The SMILES string of the molecule is CCCCCCCCN=Cc1c(O)ccc2c(C=NCCCCCCCC)c(O)ccc12. The van der Waals surface area contributed by atoms with E-state index in [2.05, 4.69) is 23.8 Å². The van der Waals surface area contributed by atoms with E-state index >= 15 is 0 Å². The first-order valence-electron chi connectivity index (χ1n) is 12.7. The summed E-state index contributed by atoms with van der Waals surface area (Å²) in [5, 5.41) is 22.6. The largest absolute Gasteiger partial charge is 0.507 e. The number of rotatable bonds is 16. The molecular weight excluding hydrogens is 396 g/mol. The van der Waals surface area contributed by atoms with Crippen molar-refractivity contribution in [3.8, 4) is 11.5 Å². The Labute approximate surface area is 194 Å². The van der Waals surface area contributed by atoms with Gasteiger partial charge in [0.2, 0.25) is 0 Å². The maximum absolute atomic E-state index is 10.4. The summed E-state index contributed by atoms with van der Waals surface area (Å²) in [5.74, 6) is 0.426. The van der Waals surface area contributed by atoms with Gasteiger partial charge in [0.25, 0.3) is 0 Å². The first-order valence-corrected chi connectivity index (χ1v) is 12.7. The Morgan fingerprint density at radius 2 is 0.938 bits per heavy atom. The summed E-state index contributed by atoms with van der Waals surface area (Å²) >= 11 is 0. The number of benzene rings is 2. The summed E-state index contributed by atoms with van der Waals surface area (Å²) in [4.78, 5) is 9.12. The lowest BCUT2D eigenvalue weighted by Gasteiger charge is -2.09. The number of hydrogen-bond donors (Lipinski definition) is 2. The molecule has 2 rings (SSSR count). The summed E-state index contributed by atoms with van der Waals surface area (Å²) in [6.07, 6.45) is 18.4. The van der Waals surface area contributed by atoms with Crippen molar-refractivity contribution in [1.29, 1.82) is 0 Å². The quantitative estimate of drug-likeness (QED) is 0.207. The van der Waals surface area contributed by atoms with Gasteiger partial charge in [0, 0.05) is 36.6 Å². The van der Waals surface area contributed by atoms with Crippen LogP contribution in [-0.2, 0) is 0 Å². The summed E-state index contributed by atoms with van der Waals surface area (Å²) in [7, 11) is 0. The van der Waals surface area contributed by atoms with E-state index in [1.54, 1.807) is 24.6 Å². The molecule has 0 aliphatic heterocycles. The second-order valence-electron chi connectivity index (χ2n) is 8.70. The monoisotopic (exact) mass is 438 g/mol. The first kappa shape index (κ1) is 25.9. The Morgan fingerprint density at radius 3 is 1.34 bits per heavy atom. The van der Waals surface area contributed by atoms with E-state index in [0.29, 0.717) is 11.1 Å². The zero-order valence-electron chi connectivity index (χ0n) is 20.2. The fourth-order valence-corrected chi connectivity index (χ4v) is 3.98. The Bertz CT molecular complexity index is 787. The molecule has 0 aliphatic rings. The average molecular weight is 439 g/mol. The number of phenols is 2. The number of aliphatic imine (C=N–C) groups is 2. The topological polar surface area (TPSA) is 65.2 Å². The molecule has 0 fully saturated rings. The smallest absolute Gasteiger partial charge is 0.124 e. The van der Waals surface area contributed by atoms with Crippen LogP contribution in [0.2, 0.25) is 0 Å². The molecule has 0 saturated heterocycles. The van der Waals surface area contributed by atoms with Gasteiger partial charge in [-0.25, -0.2) is 0 Å². The maximum Gasteiger partial charge on any atom is 0.124 e. The van der Waals surface area contributed by atoms with Gasteiger partial charge in [0.05, 0.1) is 0 Å². The lowest BCUT2D eigenvalue weighted by atomic mass is 9.99. The molecule has 0 aliphatic carbocycles. The van der Waals surface area contributed by atoms with Crippen LogP contribution < -0.4 is 0 Å². The van der Waals surface area contributed by atoms with Crippen molar-refractivity contribution in [2.45, 2.75) is 90.9 Å². The zero-order chi connectivity index (χ0) is 23.0. The van der Waals surface area contributed by atoms with Crippen LogP contribution in [0, 0.1) is 0 Å². The molecule has 2 aromatic rings. The summed E-state index contributed by atoms with van der Waals surface area (Å²) in [6, 6.07) is 7.06. The number of hydrogen-bond acceptors (Lipinski definition) is 4. The molecule has 0 spiro atoms. The van der Waals surface area contributed by atoms with Crippen LogP contribution in [0.15, 0.2) is 34.3 Å². The molecule has 0 aromatic heterocycles. The van der Waals surface area contributed by atoms with Crippen LogP contribution in [-0.4, -0.2) is 35.7 Å². The van der Waals surface area contributed by atoms with Crippen molar-refractivity contribution in [2.24, 2.45) is 9.98 Å². The summed E-state index contributed by atoms with van der Waals surface area (Å²) in [5.41, 5.74) is 1.41. The Morgan fingerprint density at radius 1 is 0.562 bits per heavy atom. The van der Waals surface area contributed by atoms with Gasteiger partial charge >= 0.3 is 0 Å². The minimum absolute atomic E-state index is 0.213. The van der Waals surface area contributed by atoms with Crippen LogP contribution >= 0.6 is 0 Å². The fraction of sp³-hybridized carbons (Fsp3) is 0.571. The predicted octanol–water partition coefficient (Wildman–Crippen LogP) is 7.81. The highest BCUT2D eigenvalue weighted by Gasteiger charge is 2.10. The van der Waals surface area contributed by atoms with Gasteiger partial charge in [-0.05, 0) is 47.9 Å². The molecule has 176 valence electrons. The Balaban J connectivity index is 2.01. The van der Waals surface area contributed by atoms with Gasteiger partial charge in [-0.2, -0.15) is 0 Å². The van der Waals surface area contributed by atoms with E-state index < -0.39 is 0 Å². The van der Waals surface area contributed by atoms with Gasteiger partial charge < -0.3 is 10.2 Å². The number of phenolic OH excluding ortho intramolecular Hbond substituents is 2. The van der Waals surface area contributed by atoms with E-state index in [1.165, 1.54) is 64.2 Å². The second kappa shape index (κ2) is 15.4. The van der Waals surface area contributed by atoms with Crippen molar-refractivity contribution in [1.82, 2.24) is 0 Å². The van der Waals surface area contributed by atoms with Crippen LogP contribution in [0.1, 0.15) is 102 Å². The average Bonchev–Trinajstić information content (AvgIpc) is 2.79. The number of unbranched alkanes of at least 4 members (excludes halogenated alkanes) is 10. The Hall–Kier alpha value is -2.36. The zero-order valence-corrected chi connectivity index (χ0v) is 20.2. The standard InChI is InChI=1S/C28H42N2O2/c1-3-5-7-9-11-13-19-29-21-25-23-15-18-28(32)26(24(23)16-17-27(25)31)22-30-20-14-12-10-8-6-4-2/h15-18,21-22,31-32H,3-14,19-20H2,1-2H3. The summed E-state index contributed by atoms with van der Waals surface area (Å²) < 4.78 is 0. The van der Waals surface area contributed by atoms with Gasteiger partial charge in [0.1, 0.15) is 11.5 Å². The van der Waals surface area contributed by atoms with Crippen molar-refractivity contribution in [3.05, 3.63) is 35.4 Å². The van der Waals surface area contributed by atoms with E-state index in [4.69, 9.17) is 0 Å². The van der Waals surface area contributed by atoms with E-state index in [0.717, 1.165) is 36.7 Å². The van der Waals surface area contributed by atoms with Gasteiger partial charge in [-0.3, -0.25) is 9.98 Å². The highest BCUT2D eigenvalue weighted by molar-refractivity contribution is 6.09. The lowest BCUT2D eigenvalue weighted by molar-refractivity contribution is 0.473. The molecule has 0 heterocycles. The van der Waals surface area contributed by atoms with Crippen LogP contribution in [0.4, 0.5) is 0 Å². The lowest BCUT2D eigenvalue weighted by Crippen LogP contribution is -1.93. The van der Waals surface area contributed by atoms with E-state index in [-0.39, 0.29) is 11.5 Å². The van der Waals surface area contributed by atoms with Crippen molar-refractivity contribution >= 4 is 23.2 Å². The van der Waals surface area contributed by atoms with Crippen LogP contribution in [0.5, 0.6) is 11.5 Å². The van der Waals surface area contributed by atoms with Crippen molar-refractivity contribution < 1.29 is 10.2 Å². The molecule has 0 atom stereocenters. The van der Waals surface area contributed by atoms with Gasteiger partial charge in [0.15, 0.2) is 0 Å². The third-order valence-electron chi connectivity index (χ3n) is 5.96. The molecule has 2 N–H and O–H groups in total. The minimum Gasteiger partial charge on any atom is -0.507 e. The number of aromatic hydroxyl groups is 2. The van der Waals surface area contributed by atoms with Crippen LogP contribution in [0.3, 0.4) is 0 Å². The maximum atomic E-state index is 10.4. The molecule has 0 amide bonds. The molecular formula is C28H42N2O2. The third kappa shape index (κ3) is 8.64. The highest BCUT2D eigenvalue weighted by Crippen LogP contribution is 2.32. The minimum atomic E-state index is 0.213. The third-order valence-corrected chi connectivity index (χ3v) is 5.96. The van der Waals surface area contributed by atoms with Gasteiger partial charge in [-0.15, -0.1) is 0 Å². The van der Waals surface area contributed by atoms with E-state index in [1.807, 2.05) is 12.1 Å². The van der Waals surface area contributed by atoms with Crippen molar-refractivity contribution in [2.75, 3.05) is 13.1 Å². The second-order valence-corrected chi connectivity index (χ2v) is 8.70. The number of nitrogens with zero attached hydrogens (tertiary/aromatic N) is 2. The highest BCUT2D eigenvalue weighted by atomic mass is 16.3. The fourth-order valence-electron chi connectivity index (χ4n) is 3.98. The normalized spacial score (nSPS) is 11.9. The molecule has 32 heavy (non-hydrogen) atoms. The molecule has 2 aromatic carbocycles. The summed E-state index contributed by atoms with van der Waals surface area (Å²) in [6.45, 7) is 6.00. The van der Waals surface area contributed by atoms with Crippen LogP contribution in [0.25, 0.3) is 10.8 Å². The molecule has 4 nitrogen and oxygen atoms in total. The molecule has 0 unspecified atom stereocenters. The Kier molecular flexibility index (Phi) is 12.5. The predicted molar refractivity (Wildman–Crippen MR) is 139 cm³/mol.